The molecule has 1 saturated heterocycles. The summed E-state index contributed by atoms with van der Waals surface area (Å²) in [5, 5.41) is 5.37. The molecule has 0 spiro atoms. The Morgan fingerprint density at radius 2 is 2.00 bits per heavy atom. The van der Waals surface area contributed by atoms with Crippen LogP contribution in [0.2, 0.25) is 0 Å². The smallest absolute Gasteiger partial charge is 0.506 e. The van der Waals surface area contributed by atoms with E-state index in [0.29, 0.717) is 16.5 Å². The number of hydrogen-bond acceptors (Lipinski definition) is 5. The number of rotatable bonds is 7. The van der Waals surface area contributed by atoms with Gasteiger partial charge < -0.3 is 19.9 Å². The average molecular weight is 504 g/mol. The quantitative estimate of drug-likeness (QED) is 0.557. The fraction of sp³-hybridized carbons (Fsp3) is 0.471. The molecule has 1 aliphatic heterocycles. The molecule has 2 N–H and O–H groups in total. The molecule has 7 nitrogen and oxygen atoms in total. The molecule has 2 amide bonds. The number of hydrogen-bond donors (Lipinski definition) is 2. The molecule has 27 heavy (non-hydrogen) atoms. The predicted molar refractivity (Wildman–Crippen MR) is 108 cm³/mol. The number of halogens is 2. The number of benzene rings is 1. The summed E-state index contributed by atoms with van der Waals surface area (Å²) in [6, 6.07) is 5.20. The zero-order valence-corrected chi connectivity index (χ0v) is 18.4. The van der Waals surface area contributed by atoms with Crippen LogP contribution < -0.4 is 10.6 Å². The van der Waals surface area contributed by atoms with E-state index in [0.717, 1.165) is 4.47 Å². The molecular formula is C17H21BBr2N2O5. The maximum Gasteiger partial charge on any atom is 0.552 e. The van der Waals surface area contributed by atoms with Crippen LogP contribution in [0.3, 0.4) is 0 Å². The summed E-state index contributed by atoms with van der Waals surface area (Å²) in [6.07, 6.45) is -0.0863. The summed E-state index contributed by atoms with van der Waals surface area (Å²) in [7, 11) is -0.825. The number of nitrogens with one attached hydrogen (secondary N) is 2. The Labute approximate surface area is 175 Å². The topological polar surface area (TPSA) is 93.7 Å². The Morgan fingerprint density at radius 1 is 1.30 bits per heavy atom. The van der Waals surface area contributed by atoms with E-state index in [2.05, 4.69) is 42.5 Å². The molecule has 0 unspecified atom stereocenters. The Hall–Kier alpha value is -1.39. The molecule has 1 heterocycles. The minimum absolute atomic E-state index is 0.206. The average Bonchev–Trinajstić information content (AvgIpc) is 2.93. The first-order valence-electron chi connectivity index (χ1n) is 8.56. The summed E-state index contributed by atoms with van der Waals surface area (Å²) in [6.45, 7) is 5.38. The zero-order chi connectivity index (χ0) is 20.1. The third-order valence-electron chi connectivity index (χ3n) is 3.89. The van der Waals surface area contributed by atoms with E-state index in [1.165, 1.54) is 0 Å². The highest BCUT2D eigenvalue weighted by atomic mass is 79.9. The molecule has 0 aliphatic carbocycles. The Morgan fingerprint density at radius 3 is 2.59 bits per heavy atom. The van der Waals surface area contributed by atoms with Crippen molar-refractivity contribution in [1.29, 1.82) is 0 Å². The van der Waals surface area contributed by atoms with E-state index in [1.807, 2.05) is 13.8 Å². The van der Waals surface area contributed by atoms with Crippen LogP contribution in [-0.4, -0.2) is 43.5 Å². The lowest BCUT2D eigenvalue weighted by Crippen LogP contribution is -2.50. The lowest BCUT2D eigenvalue weighted by molar-refractivity contribution is -0.135. The highest BCUT2D eigenvalue weighted by Gasteiger charge is 2.44. The largest absolute Gasteiger partial charge is 0.552 e. The minimum Gasteiger partial charge on any atom is -0.506 e. The molecule has 1 aromatic carbocycles. The van der Waals surface area contributed by atoms with Crippen molar-refractivity contribution < 1.29 is 23.7 Å². The standard InChI is InChI=1S/C17H21BBr2N2O5/c1-9(2)6-14(18-26-10(3)17(25)27-18)22-15(23)8-21-16(24)12-7-11(19)4-5-13(12)20/h4-5,7,9-10,14H,6,8H2,1-3H3,(H,21,24)(H,22,23)/t10-,14-/m0/s1. The molecule has 0 radical (unpaired) electrons. The Bertz CT molecular complexity index is 731. The van der Waals surface area contributed by atoms with Crippen molar-refractivity contribution in [2.75, 3.05) is 6.54 Å². The molecule has 0 saturated carbocycles. The van der Waals surface area contributed by atoms with E-state index in [1.54, 1.807) is 25.1 Å². The van der Waals surface area contributed by atoms with E-state index < -0.39 is 25.1 Å². The van der Waals surface area contributed by atoms with Gasteiger partial charge in [0, 0.05) is 8.95 Å². The van der Waals surface area contributed by atoms with Gasteiger partial charge in [0.2, 0.25) is 5.91 Å². The Kier molecular flexibility index (Phi) is 7.87. The molecule has 2 atom stereocenters. The molecule has 146 valence electrons. The lowest BCUT2D eigenvalue weighted by Gasteiger charge is -2.21. The highest BCUT2D eigenvalue weighted by Crippen LogP contribution is 2.21. The summed E-state index contributed by atoms with van der Waals surface area (Å²) >= 11 is 6.63. The summed E-state index contributed by atoms with van der Waals surface area (Å²) in [5.41, 5.74) is 0.415. The van der Waals surface area contributed by atoms with Crippen molar-refractivity contribution >= 4 is 56.8 Å². The van der Waals surface area contributed by atoms with E-state index in [-0.39, 0.29) is 24.3 Å². The monoisotopic (exact) mass is 502 g/mol. The molecule has 0 aromatic heterocycles. The van der Waals surface area contributed by atoms with E-state index >= 15 is 0 Å². The van der Waals surface area contributed by atoms with Crippen LogP contribution >= 0.6 is 31.9 Å². The normalized spacial score (nSPS) is 17.6. The van der Waals surface area contributed by atoms with Crippen LogP contribution in [0.4, 0.5) is 0 Å². The van der Waals surface area contributed by atoms with Gasteiger partial charge in [-0.15, -0.1) is 0 Å². The van der Waals surface area contributed by atoms with Crippen molar-refractivity contribution in [3.05, 3.63) is 32.7 Å². The van der Waals surface area contributed by atoms with Gasteiger partial charge in [0.25, 0.3) is 5.91 Å². The van der Waals surface area contributed by atoms with Gasteiger partial charge in [-0.05, 0) is 53.4 Å². The second kappa shape index (κ2) is 9.70. The molecule has 1 fully saturated rings. The van der Waals surface area contributed by atoms with Crippen molar-refractivity contribution in [3.8, 4) is 0 Å². The first kappa shape index (κ1) is 21.9. The van der Waals surface area contributed by atoms with Gasteiger partial charge in [0.15, 0.2) is 0 Å². The number of amides is 2. The van der Waals surface area contributed by atoms with Crippen LogP contribution in [0, 0.1) is 5.92 Å². The minimum atomic E-state index is -0.825. The van der Waals surface area contributed by atoms with E-state index in [4.69, 9.17) is 9.31 Å². The molecular weight excluding hydrogens is 483 g/mol. The second-order valence-electron chi connectivity index (χ2n) is 6.69. The molecule has 2 rings (SSSR count). The summed E-state index contributed by atoms with van der Waals surface area (Å²) in [5.74, 6) is -1.45. The predicted octanol–water partition coefficient (Wildman–Crippen LogP) is 2.46. The maximum atomic E-state index is 12.3. The molecule has 1 aromatic rings. The van der Waals surface area contributed by atoms with E-state index in [9.17, 15) is 14.4 Å². The number of carbonyl (C=O) groups excluding carboxylic acids is 3. The van der Waals surface area contributed by atoms with Gasteiger partial charge >= 0.3 is 13.1 Å². The first-order valence-corrected chi connectivity index (χ1v) is 10.1. The van der Waals surface area contributed by atoms with Crippen molar-refractivity contribution in [3.63, 3.8) is 0 Å². The van der Waals surface area contributed by atoms with Crippen LogP contribution in [0.5, 0.6) is 0 Å². The maximum absolute atomic E-state index is 12.3. The zero-order valence-electron chi connectivity index (χ0n) is 15.3. The fourth-order valence-corrected chi connectivity index (χ4v) is 3.39. The lowest BCUT2D eigenvalue weighted by atomic mass is 9.74. The third-order valence-corrected chi connectivity index (χ3v) is 5.07. The van der Waals surface area contributed by atoms with Gasteiger partial charge in [-0.1, -0.05) is 29.8 Å². The van der Waals surface area contributed by atoms with Crippen molar-refractivity contribution in [1.82, 2.24) is 10.6 Å². The van der Waals surface area contributed by atoms with Gasteiger partial charge in [-0.25, -0.2) is 0 Å². The van der Waals surface area contributed by atoms with Gasteiger partial charge in [-0.2, -0.15) is 0 Å². The van der Waals surface area contributed by atoms with Crippen molar-refractivity contribution in [2.45, 2.75) is 39.2 Å². The molecule has 1 aliphatic rings. The van der Waals surface area contributed by atoms with Gasteiger partial charge in [0.1, 0.15) is 6.10 Å². The van der Waals surface area contributed by atoms with Crippen LogP contribution in [0.1, 0.15) is 37.6 Å². The first-order chi connectivity index (χ1) is 12.7. The summed E-state index contributed by atoms with van der Waals surface area (Å²) in [4.78, 5) is 36.2. The van der Waals surface area contributed by atoms with Gasteiger partial charge in [0.05, 0.1) is 18.0 Å². The van der Waals surface area contributed by atoms with Crippen LogP contribution in [-0.2, 0) is 18.9 Å². The van der Waals surface area contributed by atoms with Crippen LogP contribution in [0.25, 0.3) is 0 Å². The Balaban J connectivity index is 1.94. The third kappa shape index (κ3) is 6.32. The SMILES string of the molecule is CC(C)C[C@H](NC(=O)CNC(=O)c1cc(Br)ccc1Br)B1OC(=O)[C@H](C)O1. The molecule has 0 bridgehead atoms. The fourth-order valence-electron chi connectivity index (χ4n) is 2.60. The molecule has 10 heteroatoms. The number of carbonyl (C=O) groups is 3. The highest BCUT2D eigenvalue weighted by molar-refractivity contribution is 9.11. The second-order valence-corrected chi connectivity index (χ2v) is 8.46. The van der Waals surface area contributed by atoms with Crippen molar-refractivity contribution in [2.24, 2.45) is 5.92 Å². The van der Waals surface area contributed by atoms with Crippen LogP contribution in [0.15, 0.2) is 27.1 Å². The van der Waals surface area contributed by atoms with Gasteiger partial charge in [-0.3, -0.25) is 14.4 Å². The summed E-state index contributed by atoms with van der Waals surface area (Å²) < 4.78 is 12.0.